The number of halogens is 2. The minimum atomic E-state index is -0.353. The van der Waals surface area contributed by atoms with Crippen molar-refractivity contribution in [3.63, 3.8) is 0 Å². The number of hydrogen-bond acceptors (Lipinski definition) is 3. The molecule has 0 aliphatic heterocycles. The van der Waals surface area contributed by atoms with Crippen molar-refractivity contribution in [1.82, 2.24) is 19.7 Å². The van der Waals surface area contributed by atoms with Crippen LogP contribution in [0.5, 0.6) is 0 Å². The van der Waals surface area contributed by atoms with Gasteiger partial charge in [-0.3, -0.25) is 9.36 Å². The van der Waals surface area contributed by atoms with Crippen LogP contribution in [-0.4, -0.2) is 19.7 Å². The summed E-state index contributed by atoms with van der Waals surface area (Å²) in [5.74, 6) is 0.566. The van der Waals surface area contributed by atoms with Crippen LogP contribution in [0.4, 0.5) is 0 Å². The van der Waals surface area contributed by atoms with Crippen LogP contribution in [0.2, 0.25) is 10.0 Å². The Kier molecular flexibility index (Phi) is 3.59. The van der Waals surface area contributed by atoms with Crippen LogP contribution in [0.25, 0.3) is 28.1 Å². The SMILES string of the molecule is O=c1[nH]ncc2c1nc(-c1ccccc1Cl)n2-c1ccc(Cl)cc1. The Balaban J connectivity index is 2.12. The van der Waals surface area contributed by atoms with Crippen molar-refractivity contribution in [1.29, 1.82) is 0 Å². The summed E-state index contributed by atoms with van der Waals surface area (Å²) in [6.07, 6.45) is 1.57. The predicted octanol–water partition coefficient (Wildman–Crippen LogP) is 4.08. The lowest BCUT2D eigenvalue weighted by molar-refractivity contribution is 0.998. The third-order valence-electron chi connectivity index (χ3n) is 3.68. The molecule has 2 heterocycles. The summed E-state index contributed by atoms with van der Waals surface area (Å²) in [6.45, 7) is 0. The lowest BCUT2D eigenvalue weighted by atomic mass is 10.2. The van der Waals surface area contributed by atoms with Crippen molar-refractivity contribution in [2.24, 2.45) is 0 Å². The van der Waals surface area contributed by atoms with Crippen molar-refractivity contribution in [3.05, 3.63) is 75.1 Å². The average molecular weight is 357 g/mol. The van der Waals surface area contributed by atoms with Gasteiger partial charge < -0.3 is 0 Å². The van der Waals surface area contributed by atoms with Gasteiger partial charge in [0.15, 0.2) is 5.52 Å². The molecule has 2 aromatic heterocycles. The van der Waals surface area contributed by atoms with Crippen molar-refractivity contribution in [2.45, 2.75) is 0 Å². The van der Waals surface area contributed by atoms with Crippen molar-refractivity contribution in [3.8, 4) is 17.1 Å². The number of aromatic nitrogens is 4. The summed E-state index contributed by atoms with van der Waals surface area (Å²) >= 11 is 12.3. The van der Waals surface area contributed by atoms with Gasteiger partial charge >= 0.3 is 0 Å². The van der Waals surface area contributed by atoms with Gasteiger partial charge in [-0.25, -0.2) is 10.1 Å². The second-order valence-electron chi connectivity index (χ2n) is 5.16. The fraction of sp³-hybridized carbons (Fsp3) is 0. The number of aromatic amines is 1. The third kappa shape index (κ3) is 2.38. The number of benzene rings is 2. The maximum atomic E-state index is 12.1. The lowest BCUT2D eigenvalue weighted by Crippen LogP contribution is -2.07. The summed E-state index contributed by atoms with van der Waals surface area (Å²) in [5.41, 5.74) is 2.08. The second kappa shape index (κ2) is 5.78. The van der Waals surface area contributed by atoms with Crippen LogP contribution in [0.1, 0.15) is 0 Å². The molecule has 2 aromatic carbocycles. The predicted molar refractivity (Wildman–Crippen MR) is 94.9 cm³/mol. The van der Waals surface area contributed by atoms with Crippen LogP contribution in [0.15, 0.2) is 59.5 Å². The molecule has 0 amide bonds. The molecule has 1 N–H and O–H groups in total. The van der Waals surface area contributed by atoms with Crippen molar-refractivity contribution >= 4 is 34.2 Å². The lowest BCUT2D eigenvalue weighted by Gasteiger charge is -2.10. The molecular weight excluding hydrogens is 347 g/mol. The standard InChI is InChI=1S/C17H10Cl2N4O/c18-10-5-7-11(8-6-10)23-14-9-20-22-17(24)15(14)21-16(23)12-3-1-2-4-13(12)19/h1-9H,(H,22,24). The van der Waals surface area contributed by atoms with E-state index in [0.29, 0.717) is 26.9 Å². The highest BCUT2D eigenvalue weighted by Crippen LogP contribution is 2.31. The van der Waals surface area contributed by atoms with E-state index in [4.69, 9.17) is 23.2 Å². The molecule has 4 rings (SSSR count). The molecule has 0 saturated carbocycles. The summed E-state index contributed by atoms with van der Waals surface area (Å²) in [4.78, 5) is 16.6. The molecule has 0 saturated heterocycles. The van der Waals surface area contributed by atoms with Crippen LogP contribution in [0, 0.1) is 0 Å². The normalized spacial score (nSPS) is 11.1. The first-order valence-corrected chi connectivity index (χ1v) is 7.88. The Labute approximate surface area is 146 Å². The molecule has 118 valence electrons. The van der Waals surface area contributed by atoms with Crippen molar-refractivity contribution in [2.75, 3.05) is 0 Å². The first-order chi connectivity index (χ1) is 11.6. The summed E-state index contributed by atoms with van der Waals surface area (Å²) in [5, 5.41) is 7.47. The van der Waals surface area contributed by atoms with E-state index in [-0.39, 0.29) is 5.56 Å². The zero-order chi connectivity index (χ0) is 16.7. The molecule has 0 fully saturated rings. The average Bonchev–Trinajstić information content (AvgIpc) is 2.97. The molecule has 0 radical (unpaired) electrons. The molecule has 24 heavy (non-hydrogen) atoms. The molecular formula is C17H10Cl2N4O. The summed E-state index contributed by atoms with van der Waals surface area (Å²) in [7, 11) is 0. The van der Waals surface area contributed by atoms with Crippen LogP contribution >= 0.6 is 23.2 Å². The zero-order valence-corrected chi connectivity index (χ0v) is 13.7. The van der Waals surface area contributed by atoms with E-state index >= 15 is 0 Å². The summed E-state index contributed by atoms with van der Waals surface area (Å²) < 4.78 is 1.84. The van der Waals surface area contributed by atoms with E-state index in [9.17, 15) is 4.79 Å². The summed E-state index contributed by atoms with van der Waals surface area (Å²) in [6, 6.07) is 14.6. The van der Waals surface area contributed by atoms with Gasteiger partial charge in [-0.2, -0.15) is 5.10 Å². The molecule has 0 unspecified atom stereocenters. The minimum absolute atomic E-state index is 0.301. The molecule has 0 spiro atoms. The number of fused-ring (bicyclic) bond motifs is 1. The fourth-order valence-corrected chi connectivity index (χ4v) is 2.95. The van der Waals surface area contributed by atoms with Crippen LogP contribution in [-0.2, 0) is 0 Å². The number of H-pyrrole nitrogens is 1. The van der Waals surface area contributed by atoms with Gasteiger partial charge in [0, 0.05) is 16.3 Å². The van der Waals surface area contributed by atoms with Gasteiger partial charge in [0.1, 0.15) is 5.82 Å². The largest absolute Gasteiger partial charge is 0.292 e. The topological polar surface area (TPSA) is 63.6 Å². The molecule has 7 heteroatoms. The number of hydrogen-bond donors (Lipinski definition) is 1. The second-order valence-corrected chi connectivity index (χ2v) is 6.00. The Morgan fingerprint density at radius 3 is 2.50 bits per heavy atom. The quantitative estimate of drug-likeness (QED) is 0.588. The molecule has 0 aliphatic carbocycles. The van der Waals surface area contributed by atoms with E-state index in [2.05, 4.69) is 15.2 Å². The highest BCUT2D eigenvalue weighted by atomic mass is 35.5. The van der Waals surface area contributed by atoms with Gasteiger partial charge in [0.05, 0.1) is 16.7 Å². The molecule has 0 aliphatic rings. The monoisotopic (exact) mass is 356 g/mol. The van der Waals surface area contributed by atoms with E-state index in [1.807, 2.05) is 34.9 Å². The van der Waals surface area contributed by atoms with E-state index in [0.717, 1.165) is 11.3 Å². The van der Waals surface area contributed by atoms with Gasteiger partial charge in [-0.05, 0) is 36.4 Å². The first kappa shape index (κ1) is 14.9. The van der Waals surface area contributed by atoms with E-state index < -0.39 is 0 Å². The van der Waals surface area contributed by atoms with Gasteiger partial charge in [-0.15, -0.1) is 0 Å². The Morgan fingerprint density at radius 1 is 1.00 bits per heavy atom. The fourth-order valence-electron chi connectivity index (χ4n) is 2.60. The van der Waals surface area contributed by atoms with Gasteiger partial charge in [0.2, 0.25) is 0 Å². The third-order valence-corrected chi connectivity index (χ3v) is 4.26. The zero-order valence-electron chi connectivity index (χ0n) is 12.2. The van der Waals surface area contributed by atoms with Gasteiger partial charge in [0.25, 0.3) is 5.56 Å². The number of nitrogens with one attached hydrogen (secondary N) is 1. The van der Waals surface area contributed by atoms with E-state index in [1.54, 1.807) is 24.4 Å². The highest BCUT2D eigenvalue weighted by Gasteiger charge is 2.18. The Morgan fingerprint density at radius 2 is 1.75 bits per heavy atom. The molecule has 0 atom stereocenters. The maximum absolute atomic E-state index is 12.1. The smallest absolute Gasteiger partial charge is 0.290 e. The number of rotatable bonds is 2. The molecule has 0 bridgehead atoms. The van der Waals surface area contributed by atoms with Gasteiger partial charge in [-0.1, -0.05) is 35.3 Å². The van der Waals surface area contributed by atoms with E-state index in [1.165, 1.54) is 0 Å². The van der Waals surface area contributed by atoms with Crippen LogP contribution < -0.4 is 5.56 Å². The first-order valence-electron chi connectivity index (χ1n) is 7.12. The molecule has 5 nitrogen and oxygen atoms in total. The Hall–Kier alpha value is -2.63. The van der Waals surface area contributed by atoms with Crippen molar-refractivity contribution < 1.29 is 0 Å². The number of imidazole rings is 1. The molecule has 4 aromatic rings. The number of nitrogens with zero attached hydrogens (tertiary/aromatic N) is 3. The Bertz CT molecular complexity index is 1100. The maximum Gasteiger partial charge on any atom is 0.292 e. The highest BCUT2D eigenvalue weighted by molar-refractivity contribution is 6.33. The minimum Gasteiger partial charge on any atom is -0.290 e. The van der Waals surface area contributed by atoms with Crippen LogP contribution in [0.3, 0.4) is 0 Å².